The second-order valence-electron chi connectivity index (χ2n) is 6.47. The molecule has 1 amide bonds. The molecule has 0 fully saturated rings. The van der Waals surface area contributed by atoms with Gasteiger partial charge in [-0.15, -0.1) is 11.3 Å². The van der Waals surface area contributed by atoms with E-state index in [4.69, 9.17) is 4.74 Å². The van der Waals surface area contributed by atoms with Crippen molar-refractivity contribution in [2.24, 2.45) is 0 Å². The van der Waals surface area contributed by atoms with E-state index < -0.39 is 17.5 Å². The normalized spacial score (nSPS) is 12.7. The van der Waals surface area contributed by atoms with Gasteiger partial charge in [0, 0.05) is 11.6 Å². The second-order valence-corrected chi connectivity index (χ2v) is 7.38. The van der Waals surface area contributed by atoms with E-state index in [0.29, 0.717) is 11.5 Å². The molecule has 1 heterocycles. The fourth-order valence-electron chi connectivity index (χ4n) is 3.15. The smallest absolute Gasteiger partial charge is 0.265 e. The number of hydrogen-bond acceptors (Lipinski definition) is 3. The maximum absolute atomic E-state index is 13.7. The predicted octanol–water partition coefficient (Wildman–Crippen LogP) is 5.35. The Morgan fingerprint density at radius 1 is 1.07 bits per heavy atom. The number of benzene rings is 2. The third-order valence-electron chi connectivity index (χ3n) is 4.53. The number of nitrogens with one attached hydrogen (secondary N) is 1. The van der Waals surface area contributed by atoms with Crippen LogP contribution in [0.5, 0.6) is 5.75 Å². The maximum atomic E-state index is 13.7. The first-order chi connectivity index (χ1) is 13.1. The molecule has 0 radical (unpaired) electrons. The SMILES string of the molecule is O=C(Nc1ccc(F)cc1F)c1cc(COc2ccc3c(c2)CCC3)cs1. The van der Waals surface area contributed by atoms with Gasteiger partial charge in [-0.3, -0.25) is 4.79 Å². The van der Waals surface area contributed by atoms with Gasteiger partial charge in [-0.25, -0.2) is 8.78 Å². The zero-order valence-corrected chi connectivity index (χ0v) is 15.2. The van der Waals surface area contributed by atoms with E-state index in [2.05, 4.69) is 17.4 Å². The number of carbonyl (C=O) groups is 1. The van der Waals surface area contributed by atoms with Crippen LogP contribution in [-0.4, -0.2) is 5.91 Å². The Morgan fingerprint density at radius 3 is 2.78 bits per heavy atom. The Kier molecular flexibility index (Phi) is 4.90. The molecular weight excluding hydrogens is 368 g/mol. The molecule has 3 nitrogen and oxygen atoms in total. The number of aryl methyl sites for hydroxylation is 2. The van der Waals surface area contributed by atoms with Crippen molar-refractivity contribution in [1.29, 1.82) is 0 Å². The highest BCUT2D eigenvalue weighted by Crippen LogP contribution is 2.27. The van der Waals surface area contributed by atoms with Crippen LogP contribution in [0.1, 0.15) is 32.8 Å². The summed E-state index contributed by atoms with van der Waals surface area (Å²) in [6, 6.07) is 10.9. The van der Waals surface area contributed by atoms with E-state index in [-0.39, 0.29) is 5.69 Å². The number of halogens is 2. The lowest BCUT2D eigenvalue weighted by atomic mass is 10.1. The fraction of sp³-hybridized carbons (Fsp3) is 0.190. The van der Waals surface area contributed by atoms with E-state index >= 15 is 0 Å². The predicted molar refractivity (Wildman–Crippen MR) is 101 cm³/mol. The number of carbonyl (C=O) groups excluding carboxylic acids is 1. The number of rotatable bonds is 5. The Hall–Kier alpha value is -2.73. The highest BCUT2D eigenvalue weighted by Gasteiger charge is 2.14. The first kappa shape index (κ1) is 17.7. The summed E-state index contributed by atoms with van der Waals surface area (Å²) in [5.74, 6) is -1.11. The van der Waals surface area contributed by atoms with Crippen LogP contribution in [0.4, 0.5) is 14.5 Å². The Bertz CT molecular complexity index is 1000. The molecule has 0 bridgehead atoms. The molecule has 0 unspecified atom stereocenters. The molecule has 138 valence electrons. The van der Waals surface area contributed by atoms with Gasteiger partial charge in [0.05, 0.1) is 10.6 Å². The van der Waals surface area contributed by atoms with E-state index in [1.165, 1.54) is 35.0 Å². The lowest BCUT2D eigenvalue weighted by molar-refractivity contribution is 0.103. The molecule has 1 N–H and O–H groups in total. The van der Waals surface area contributed by atoms with Crippen molar-refractivity contribution in [3.8, 4) is 5.75 Å². The van der Waals surface area contributed by atoms with Crippen molar-refractivity contribution in [3.63, 3.8) is 0 Å². The summed E-state index contributed by atoms with van der Waals surface area (Å²) in [5, 5.41) is 4.29. The highest BCUT2D eigenvalue weighted by atomic mass is 32.1. The molecular formula is C21H17F2NO2S. The molecule has 0 spiro atoms. The van der Waals surface area contributed by atoms with Gasteiger partial charge in [-0.2, -0.15) is 0 Å². The van der Waals surface area contributed by atoms with Crippen LogP contribution >= 0.6 is 11.3 Å². The van der Waals surface area contributed by atoms with E-state index in [9.17, 15) is 13.6 Å². The third kappa shape index (κ3) is 4.01. The molecule has 0 saturated heterocycles. The van der Waals surface area contributed by atoms with Gasteiger partial charge in [0.1, 0.15) is 24.0 Å². The van der Waals surface area contributed by atoms with Crippen LogP contribution in [0.25, 0.3) is 0 Å². The van der Waals surface area contributed by atoms with Crippen LogP contribution in [0.2, 0.25) is 0 Å². The average Bonchev–Trinajstić information content (AvgIpc) is 3.31. The minimum Gasteiger partial charge on any atom is -0.489 e. The van der Waals surface area contributed by atoms with E-state index in [1.54, 1.807) is 6.07 Å². The summed E-state index contributed by atoms with van der Waals surface area (Å²) in [6.45, 7) is 0.355. The van der Waals surface area contributed by atoms with Crippen molar-refractivity contribution < 1.29 is 18.3 Å². The zero-order chi connectivity index (χ0) is 18.8. The molecule has 1 aliphatic rings. The number of amides is 1. The summed E-state index contributed by atoms with van der Waals surface area (Å²) in [4.78, 5) is 12.7. The van der Waals surface area contributed by atoms with Crippen LogP contribution in [0, 0.1) is 11.6 Å². The van der Waals surface area contributed by atoms with Gasteiger partial charge < -0.3 is 10.1 Å². The highest BCUT2D eigenvalue weighted by molar-refractivity contribution is 7.12. The van der Waals surface area contributed by atoms with Gasteiger partial charge in [-0.05, 0) is 66.1 Å². The number of hydrogen-bond donors (Lipinski definition) is 1. The minimum absolute atomic E-state index is 0.0502. The number of anilines is 1. The molecule has 6 heteroatoms. The molecule has 0 aliphatic heterocycles. The summed E-state index contributed by atoms with van der Waals surface area (Å²) in [7, 11) is 0. The molecule has 1 aliphatic carbocycles. The van der Waals surface area contributed by atoms with Crippen molar-refractivity contribution in [2.45, 2.75) is 25.9 Å². The Balaban J connectivity index is 1.38. The molecule has 2 aromatic carbocycles. The zero-order valence-electron chi connectivity index (χ0n) is 14.4. The molecule has 27 heavy (non-hydrogen) atoms. The summed E-state index contributed by atoms with van der Waals surface area (Å²) >= 11 is 1.25. The summed E-state index contributed by atoms with van der Waals surface area (Å²) in [6.07, 6.45) is 3.42. The van der Waals surface area contributed by atoms with Gasteiger partial charge in [0.15, 0.2) is 0 Å². The molecule has 4 rings (SSSR count). The first-order valence-electron chi connectivity index (χ1n) is 8.67. The second kappa shape index (κ2) is 7.48. The number of thiophene rings is 1. The molecule has 0 atom stereocenters. The largest absolute Gasteiger partial charge is 0.489 e. The topological polar surface area (TPSA) is 38.3 Å². The van der Waals surface area contributed by atoms with Gasteiger partial charge in [-0.1, -0.05) is 6.07 Å². The summed E-state index contributed by atoms with van der Waals surface area (Å²) in [5.41, 5.74) is 3.56. The van der Waals surface area contributed by atoms with Crippen molar-refractivity contribution in [1.82, 2.24) is 0 Å². The van der Waals surface area contributed by atoms with Crippen molar-refractivity contribution in [3.05, 3.63) is 81.0 Å². The third-order valence-corrected chi connectivity index (χ3v) is 5.51. The van der Waals surface area contributed by atoms with Crippen LogP contribution in [0.3, 0.4) is 0 Å². The van der Waals surface area contributed by atoms with Gasteiger partial charge in [0.2, 0.25) is 0 Å². The maximum Gasteiger partial charge on any atom is 0.265 e. The van der Waals surface area contributed by atoms with Gasteiger partial charge >= 0.3 is 0 Å². The van der Waals surface area contributed by atoms with Crippen LogP contribution in [0.15, 0.2) is 47.8 Å². The van der Waals surface area contributed by atoms with Crippen LogP contribution < -0.4 is 10.1 Å². The first-order valence-corrected chi connectivity index (χ1v) is 9.55. The monoisotopic (exact) mass is 385 g/mol. The number of ether oxygens (including phenoxy) is 1. The van der Waals surface area contributed by atoms with Crippen LogP contribution in [-0.2, 0) is 19.4 Å². The van der Waals surface area contributed by atoms with Gasteiger partial charge in [0.25, 0.3) is 5.91 Å². The molecule has 3 aromatic rings. The van der Waals surface area contributed by atoms with E-state index in [1.807, 2.05) is 11.4 Å². The Morgan fingerprint density at radius 2 is 1.93 bits per heavy atom. The standard InChI is InChI=1S/C21H17F2NO2S/c22-16-5-7-19(18(23)10-16)24-21(25)20-8-13(12-27-20)11-26-17-6-4-14-2-1-3-15(14)9-17/h4-10,12H,1-3,11H2,(H,24,25). The van der Waals surface area contributed by atoms with Crippen molar-refractivity contribution in [2.75, 3.05) is 5.32 Å². The minimum atomic E-state index is -0.805. The van der Waals surface area contributed by atoms with E-state index in [0.717, 1.165) is 36.3 Å². The molecule has 0 saturated carbocycles. The quantitative estimate of drug-likeness (QED) is 0.643. The van der Waals surface area contributed by atoms with Crippen molar-refractivity contribution >= 4 is 22.9 Å². The lowest BCUT2D eigenvalue weighted by Gasteiger charge is -2.07. The summed E-state index contributed by atoms with van der Waals surface area (Å²) < 4.78 is 32.4. The molecule has 1 aromatic heterocycles. The number of fused-ring (bicyclic) bond motifs is 1. The average molecular weight is 385 g/mol. The Labute approximate surface area is 159 Å². The lowest BCUT2D eigenvalue weighted by Crippen LogP contribution is -2.11. The fourth-order valence-corrected chi connectivity index (χ4v) is 3.94.